The molecule has 0 aliphatic carbocycles. The van der Waals surface area contributed by atoms with E-state index in [2.05, 4.69) is 4.98 Å². The number of pyridine rings is 1. The Kier molecular flexibility index (Phi) is 3.47. The van der Waals surface area contributed by atoms with Crippen LogP contribution in [0.15, 0.2) is 11.0 Å². The van der Waals surface area contributed by atoms with Gasteiger partial charge in [0, 0.05) is 10.7 Å². The smallest absolute Gasteiger partial charge is 0.207 e. The van der Waals surface area contributed by atoms with Crippen LogP contribution in [0.5, 0.6) is 0 Å². The SMILES string of the molecule is O=S(=O)(Cl)c1cc(C(F)F)c(F)nc1Cl. The van der Waals surface area contributed by atoms with Crippen LogP contribution < -0.4 is 0 Å². The second kappa shape index (κ2) is 4.15. The maximum Gasteiger partial charge on any atom is 0.268 e. The van der Waals surface area contributed by atoms with Gasteiger partial charge in [-0.05, 0) is 6.07 Å². The normalized spacial score (nSPS) is 12.1. The maximum atomic E-state index is 12.8. The molecule has 0 amide bonds. The third-order valence-electron chi connectivity index (χ3n) is 1.42. The fourth-order valence-corrected chi connectivity index (χ4v) is 2.21. The van der Waals surface area contributed by atoms with Gasteiger partial charge in [0.05, 0.1) is 5.56 Å². The average molecular weight is 280 g/mol. The summed E-state index contributed by atoms with van der Waals surface area (Å²) in [4.78, 5) is 1.97. The first-order chi connectivity index (χ1) is 6.73. The first-order valence-electron chi connectivity index (χ1n) is 3.32. The Morgan fingerprint density at radius 3 is 2.33 bits per heavy atom. The van der Waals surface area contributed by atoms with Crippen molar-refractivity contribution >= 4 is 31.3 Å². The molecule has 3 nitrogen and oxygen atoms in total. The van der Waals surface area contributed by atoms with E-state index in [9.17, 15) is 21.6 Å². The summed E-state index contributed by atoms with van der Waals surface area (Å²) in [6, 6.07) is 0.359. The maximum absolute atomic E-state index is 12.8. The Morgan fingerprint density at radius 1 is 1.40 bits per heavy atom. The minimum atomic E-state index is -4.33. The molecule has 1 aromatic rings. The Balaban J connectivity index is 3.50. The van der Waals surface area contributed by atoms with Crippen LogP contribution in [0, 0.1) is 5.95 Å². The summed E-state index contributed by atoms with van der Waals surface area (Å²) in [5, 5.41) is -0.785. The van der Waals surface area contributed by atoms with Crippen molar-refractivity contribution in [1.29, 1.82) is 0 Å². The highest BCUT2D eigenvalue weighted by molar-refractivity contribution is 8.13. The third kappa shape index (κ3) is 2.73. The van der Waals surface area contributed by atoms with E-state index in [0.29, 0.717) is 6.07 Å². The van der Waals surface area contributed by atoms with Crippen LogP contribution in [0.4, 0.5) is 13.2 Å². The van der Waals surface area contributed by atoms with E-state index < -0.39 is 37.0 Å². The van der Waals surface area contributed by atoms with Crippen molar-refractivity contribution in [3.63, 3.8) is 0 Å². The molecule has 1 aromatic heterocycles. The fraction of sp³-hybridized carbons (Fsp3) is 0.167. The zero-order valence-corrected chi connectivity index (χ0v) is 9.04. The minimum Gasteiger partial charge on any atom is -0.207 e. The lowest BCUT2D eigenvalue weighted by Gasteiger charge is -2.04. The molecular formula is C6H2Cl2F3NO2S. The highest BCUT2D eigenvalue weighted by Gasteiger charge is 2.23. The van der Waals surface area contributed by atoms with Crippen LogP contribution in [0.25, 0.3) is 0 Å². The Hall–Kier alpha value is -0.530. The summed E-state index contributed by atoms with van der Waals surface area (Å²) in [6.45, 7) is 0. The lowest BCUT2D eigenvalue weighted by Crippen LogP contribution is -2.01. The number of nitrogens with zero attached hydrogens (tertiary/aromatic N) is 1. The molecule has 0 bridgehead atoms. The molecule has 1 heterocycles. The van der Waals surface area contributed by atoms with Gasteiger partial charge >= 0.3 is 0 Å². The summed E-state index contributed by atoms with van der Waals surface area (Å²) in [7, 11) is 0.545. The molecule has 0 aliphatic heterocycles. The van der Waals surface area contributed by atoms with Crippen LogP contribution in [0.1, 0.15) is 12.0 Å². The molecule has 0 radical (unpaired) electrons. The Bertz CT molecular complexity index is 491. The quantitative estimate of drug-likeness (QED) is 0.618. The van der Waals surface area contributed by atoms with E-state index in [4.69, 9.17) is 22.3 Å². The van der Waals surface area contributed by atoms with E-state index in [1.807, 2.05) is 0 Å². The minimum absolute atomic E-state index is 0.359. The molecule has 0 fully saturated rings. The topological polar surface area (TPSA) is 47.0 Å². The van der Waals surface area contributed by atoms with E-state index in [-0.39, 0.29) is 0 Å². The van der Waals surface area contributed by atoms with Crippen molar-refractivity contribution in [2.75, 3.05) is 0 Å². The van der Waals surface area contributed by atoms with Crippen molar-refractivity contribution in [1.82, 2.24) is 4.98 Å². The molecule has 0 aliphatic rings. The van der Waals surface area contributed by atoms with Crippen LogP contribution in [0.3, 0.4) is 0 Å². The molecular weight excluding hydrogens is 278 g/mol. The molecule has 0 N–H and O–H groups in total. The first-order valence-corrected chi connectivity index (χ1v) is 6.01. The number of hydrogen-bond acceptors (Lipinski definition) is 3. The molecule has 0 aromatic carbocycles. The van der Waals surface area contributed by atoms with Gasteiger partial charge in [0.2, 0.25) is 5.95 Å². The van der Waals surface area contributed by atoms with E-state index in [1.165, 1.54) is 0 Å². The Morgan fingerprint density at radius 2 is 1.93 bits per heavy atom. The van der Waals surface area contributed by atoms with Crippen molar-refractivity contribution in [3.8, 4) is 0 Å². The first kappa shape index (κ1) is 12.5. The van der Waals surface area contributed by atoms with Crippen molar-refractivity contribution < 1.29 is 21.6 Å². The van der Waals surface area contributed by atoms with Gasteiger partial charge < -0.3 is 0 Å². The molecule has 0 spiro atoms. The molecule has 0 saturated carbocycles. The van der Waals surface area contributed by atoms with Gasteiger partial charge in [-0.15, -0.1) is 0 Å². The number of hydrogen-bond donors (Lipinski definition) is 0. The van der Waals surface area contributed by atoms with E-state index >= 15 is 0 Å². The van der Waals surface area contributed by atoms with Gasteiger partial charge in [0.25, 0.3) is 15.5 Å². The van der Waals surface area contributed by atoms with Crippen LogP contribution in [0.2, 0.25) is 5.15 Å². The van der Waals surface area contributed by atoms with E-state index in [1.54, 1.807) is 0 Å². The largest absolute Gasteiger partial charge is 0.268 e. The number of alkyl halides is 2. The van der Waals surface area contributed by atoms with Crippen LogP contribution >= 0.6 is 22.3 Å². The van der Waals surface area contributed by atoms with Crippen molar-refractivity contribution in [3.05, 3.63) is 22.7 Å². The van der Waals surface area contributed by atoms with Gasteiger partial charge in [-0.2, -0.15) is 4.39 Å². The second-order valence-corrected chi connectivity index (χ2v) is 5.29. The van der Waals surface area contributed by atoms with Crippen molar-refractivity contribution in [2.24, 2.45) is 0 Å². The number of rotatable bonds is 2. The highest BCUT2D eigenvalue weighted by atomic mass is 35.7. The molecule has 84 valence electrons. The molecule has 9 heteroatoms. The Labute approximate surface area is 92.2 Å². The van der Waals surface area contributed by atoms with Crippen molar-refractivity contribution in [2.45, 2.75) is 11.3 Å². The second-order valence-electron chi connectivity index (χ2n) is 2.40. The van der Waals surface area contributed by atoms with Gasteiger partial charge in [0.1, 0.15) is 4.90 Å². The van der Waals surface area contributed by atoms with Crippen LogP contribution in [-0.4, -0.2) is 13.4 Å². The highest BCUT2D eigenvalue weighted by Crippen LogP contribution is 2.29. The lowest BCUT2D eigenvalue weighted by atomic mass is 10.3. The van der Waals surface area contributed by atoms with Gasteiger partial charge in [0.15, 0.2) is 5.15 Å². The summed E-state index contributed by atoms with van der Waals surface area (Å²) in [5.74, 6) is -1.53. The fourth-order valence-electron chi connectivity index (χ4n) is 0.790. The summed E-state index contributed by atoms with van der Waals surface area (Å²) in [5.41, 5.74) is -1.17. The predicted molar refractivity (Wildman–Crippen MR) is 47.2 cm³/mol. The van der Waals surface area contributed by atoms with Gasteiger partial charge in [-0.1, -0.05) is 11.6 Å². The zero-order valence-electron chi connectivity index (χ0n) is 6.72. The standard InChI is InChI=1S/C6H2Cl2F3NO2S/c7-4-3(15(8,13)14)1-2(5(9)10)6(11)12-4/h1,5H. The molecule has 0 unspecified atom stereocenters. The molecule has 0 atom stereocenters. The summed E-state index contributed by atoms with van der Waals surface area (Å²) >= 11 is 5.23. The van der Waals surface area contributed by atoms with Gasteiger partial charge in [-0.25, -0.2) is 22.2 Å². The number of aromatic nitrogens is 1. The zero-order chi connectivity index (χ0) is 11.8. The monoisotopic (exact) mass is 279 g/mol. The predicted octanol–water partition coefficient (Wildman–Crippen LogP) is 2.74. The molecule has 1 rings (SSSR count). The van der Waals surface area contributed by atoms with Gasteiger partial charge in [-0.3, -0.25) is 0 Å². The van der Waals surface area contributed by atoms with E-state index in [0.717, 1.165) is 0 Å². The number of halogens is 5. The summed E-state index contributed by atoms with van der Waals surface area (Å²) in [6.07, 6.45) is -3.20. The van der Waals surface area contributed by atoms with Crippen LogP contribution in [-0.2, 0) is 9.05 Å². The molecule has 15 heavy (non-hydrogen) atoms. The molecule has 0 saturated heterocycles. The third-order valence-corrected chi connectivity index (χ3v) is 3.16. The lowest BCUT2D eigenvalue weighted by molar-refractivity contribution is 0.144. The summed E-state index contributed by atoms with van der Waals surface area (Å²) < 4.78 is 58.7. The average Bonchev–Trinajstić information content (AvgIpc) is 2.00.